The Hall–Kier alpha value is -2.16. The molecule has 0 radical (unpaired) electrons. The van der Waals surface area contributed by atoms with Gasteiger partial charge in [-0.15, -0.1) is 5.10 Å². The predicted octanol–water partition coefficient (Wildman–Crippen LogP) is 2.85. The first-order valence-electron chi connectivity index (χ1n) is 7.71. The van der Waals surface area contributed by atoms with Crippen molar-refractivity contribution in [2.24, 2.45) is 0 Å². The van der Waals surface area contributed by atoms with Gasteiger partial charge in [0, 0.05) is 17.9 Å². The first-order valence-corrected chi connectivity index (χ1v) is 10.2. The highest BCUT2D eigenvalue weighted by atomic mass is 32.2. The van der Waals surface area contributed by atoms with E-state index in [0.29, 0.717) is 23.3 Å². The Labute approximate surface area is 151 Å². The molecule has 1 aromatic heterocycles. The lowest BCUT2D eigenvalue weighted by Gasteiger charge is -2.06. The van der Waals surface area contributed by atoms with E-state index in [4.69, 9.17) is 0 Å². The molecular weight excluding hydrogens is 356 g/mol. The number of sulfonamides is 1. The Balaban J connectivity index is 1.52. The molecule has 8 heteroatoms. The van der Waals surface area contributed by atoms with Crippen LogP contribution in [0.25, 0.3) is 11.4 Å². The lowest BCUT2D eigenvalue weighted by Crippen LogP contribution is -2.26. The summed E-state index contributed by atoms with van der Waals surface area (Å²) < 4.78 is 27.0. The van der Waals surface area contributed by atoms with Crippen molar-refractivity contribution in [2.75, 3.05) is 12.3 Å². The van der Waals surface area contributed by atoms with Crippen LogP contribution in [0.1, 0.15) is 5.56 Å². The van der Waals surface area contributed by atoms with Crippen LogP contribution < -0.4 is 4.72 Å². The van der Waals surface area contributed by atoms with E-state index in [1.165, 1.54) is 11.8 Å². The molecule has 3 aromatic rings. The van der Waals surface area contributed by atoms with Gasteiger partial charge in [0.1, 0.15) is 0 Å². The molecule has 3 rings (SSSR count). The van der Waals surface area contributed by atoms with Gasteiger partial charge in [0.15, 0.2) is 5.82 Å². The third-order valence-electron chi connectivity index (χ3n) is 3.47. The Morgan fingerprint density at radius 3 is 2.52 bits per heavy atom. The fourth-order valence-corrected chi connectivity index (χ4v) is 3.97. The molecule has 1 heterocycles. The number of nitrogens with zero attached hydrogens (tertiary/aromatic N) is 2. The molecule has 2 N–H and O–H groups in total. The smallest absolute Gasteiger partial charge is 0.240 e. The Morgan fingerprint density at radius 2 is 1.80 bits per heavy atom. The summed E-state index contributed by atoms with van der Waals surface area (Å²) in [5.74, 6) is 1.24. The quantitative estimate of drug-likeness (QED) is 0.490. The van der Waals surface area contributed by atoms with Crippen molar-refractivity contribution in [3.05, 3.63) is 60.2 Å². The van der Waals surface area contributed by atoms with Crippen molar-refractivity contribution >= 4 is 21.8 Å². The van der Waals surface area contributed by atoms with Gasteiger partial charge in [0.2, 0.25) is 15.2 Å². The second-order valence-electron chi connectivity index (χ2n) is 5.39. The maximum atomic E-state index is 12.2. The molecule has 6 nitrogen and oxygen atoms in total. The highest BCUT2D eigenvalue weighted by Gasteiger charge is 2.13. The summed E-state index contributed by atoms with van der Waals surface area (Å²) in [4.78, 5) is 4.67. The number of aromatic amines is 1. The molecule has 0 saturated carbocycles. The standard InChI is InChI=1S/C17H18N4O2S2/c1-13-7-9-15(10-8-13)25(22,23)18-11-12-24-17-19-16(20-21-17)14-5-3-2-4-6-14/h2-10,18H,11-12H2,1H3,(H,19,20,21). The molecule has 0 spiro atoms. The van der Waals surface area contributed by atoms with Gasteiger partial charge in [-0.2, -0.15) is 0 Å². The normalized spacial score (nSPS) is 11.6. The first kappa shape index (κ1) is 17.7. The van der Waals surface area contributed by atoms with E-state index < -0.39 is 10.0 Å². The van der Waals surface area contributed by atoms with Crippen LogP contribution in [0.3, 0.4) is 0 Å². The summed E-state index contributed by atoms with van der Waals surface area (Å²) in [6, 6.07) is 16.5. The maximum absolute atomic E-state index is 12.2. The van der Waals surface area contributed by atoms with Crippen molar-refractivity contribution in [3.8, 4) is 11.4 Å². The van der Waals surface area contributed by atoms with Crippen LogP contribution in [-0.2, 0) is 10.0 Å². The van der Waals surface area contributed by atoms with Gasteiger partial charge >= 0.3 is 0 Å². The van der Waals surface area contributed by atoms with E-state index in [-0.39, 0.29) is 4.90 Å². The minimum Gasteiger partial charge on any atom is -0.258 e. The van der Waals surface area contributed by atoms with E-state index in [9.17, 15) is 8.42 Å². The molecular formula is C17H18N4O2S2. The monoisotopic (exact) mass is 374 g/mol. The molecule has 0 atom stereocenters. The van der Waals surface area contributed by atoms with Crippen molar-refractivity contribution in [2.45, 2.75) is 17.0 Å². The fraction of sp³-hybridized carbons (Fsp3) is 0.176. The summed E-state index contributed by atoms with van der Waals surface area (Å²) in [6.07, 6.45) is 0. The minimum absolute atomic E-state index is 0.271. The van der Waals surface area contributed by atoms with Crippen molar-refractivity contribution in [1.82, 2.24) is 19.9 Å². The van der Waals surface area contributed by atoms with Crippen molar-refractivity contribution in [3.63, 3.8) is 0 Å². The minimum atomic E-state index is -3.48. The summed E-state index contributed by atoms with van der Waals surface area (Å²) in [5.41, 5.74) is 1.98. The van der Waals surface area contributed by atoms with Gasteiger partial charge in [-0.25, -0.2) is 18.1 Å². The molecule has 0 saturated heterocycles. The third kappa shape index (κ3) is 4.68. The molecule has 25 heavy (non-hydrogen) atoms. The van der Waals surface area contributed by atoms with E-state index in [1.807, 2.05) is 37.3 Å². The zero-order valence-corrected chi connectivity index (χ0v) is 15.3. The topological polar surface area (TPSA) is 87.7 Å². The molecule has 0 aliphatic heterocycles. The average Bonchev–Trinajstić information content (AvgIpc) is 3.09. The number of aryl methyl sites for hydroxylation is 1. The van der Waals surface area contributed by atoms with Gasteiger partial charge in [-0.1, -0.05) is 59.8 Å². The highest BCUT2D eigenvalue weighted by Crippen LogP contribution is 2.18. The van der Waals surface area contributed by atoms with Gasteiger partial charge in [0.25, 0.3) is 0 Å². The zero-order valence-electron chi connectivity index (χ0n) is 13.6. The number of thioether (sulfide) groups is 1. The zero-order chi connectivity index (χ0) is 17.7. The van der Waals surface area contributed by atoms with Crippen LogP contribution in [0.4, 0.5) is 0 Å². The Bertz CT molecular complexity index is 923. The Kier molecular flexibility index (Phi) is 5.52. The number of nitrogens with one attached hydrogen (secondary N) is 2. The summed E-state index contributed by atoms with van der Waals surface area (Å²) in [5, 5.41) is 7.62. The number of benzene rings is 2. The largest absolute Gasteiger partial charge is 0.258 e. The van der Waals surface area contributed by atoms with Crippen LogP contribution in [0.2, 0.25) is 0 Å². The number of hydrogen-bond acceptors (Lipinski definition) is 5. The summed E-state index contributed by atoms with van der Waals surface area (Å²) in [7, 11) is -3.48. The molecule has 0 aliphatic carbocycles. The highest BCUT2D eigenvalue weighted by molar-refractivity contribution is 7.99. The fourth-order valence-electron chi connectivity index (χ4n) is 2.16. The van der Waals surface area contributed by atoms with Gasteiger partial charge in [-0.3, -0.25) is 5.10 Å². The van der Waals surface area contributed by atoms with Crippen LogP contribution >= 0.6 is 11.8 Å². The second-order valence-corrected chi connectivity index (χ2v) is 8.22. The van der Waals surface area contributed by atoms with Gasteiger partial charge in [-0.05, 0) is 19.1 Å². The van der Waals surface area contributed by atoms with Crippen molar-refractivity contribution < 1.29 is 8.42 Å². The molecule has 130 valence electrons. The van der Waals surface area contributed by atoms with Crippen LogP contribution in [-0.4, -0.2) is 35.9 Å². The number of aromatic nitrogens is 3. The van der Waals surface area contributed by atoms with E-state index >= 15 is 0 Å². The maximum Gasteiger partial charge on any atom is 0.240 e. The molecule has 0 aliphatic rings. The van der Waals surface area contributed by atoms with E-state index in [2.05, 4.69) is 19.9 Å². The van der Waals surface area contributed by atoms with Crippen LogP contribution in [0.15, 0.2) is 64.6 Å². The van der Waals surface area contributed by atoms with Crippen molar-refractivity contribution in [1.29, 1.82) is 0 Å². The van der Waals surface area contributed by atoms with Gasteiger partial charge < -0.3 is 0 Å². The lowest BCUT2D eigenvalue weighted by molar-refractivity contribution is 0.584. The van der Waals surface area contributed by atoms with Crippen LogP contribution in [0, 0.1) is 6.92 Å². The number of hydrogen-bond donors (Lipinski definition) is 2. The van der Waals surface area contributed by atoms with E-state index in [1.54, 1.807) is 24.3 Å². The first-order chi connectivity index (χ1) is 12.0. The predicted molar refractivity (Wildman–Crippen MR) is 98.9 cm³/mol. The van der Waals surface area contributed by atoms with E-state index in [0.717, 1.165) is 11.1 Å². The average molecular weight is 374 g/mol. The molecule has 0 bridgehead atoms. The third-order valence-corrected chi connectivity index (χ3v) is 5.79. The molecule has 0 unspecified atom stereocenters. The SMILES string of the molecule is Cc1ccc(S(=O)(=O)NCCSc2n[nH]c(-c3ccccc3)n2)cc1. The number of rotatable bonds is 7. The summed E-state index contributed by atoms with van der Waals surface area (Å²) >= 11 is 1.39. The molecule has 0 fully saturated rings. The number of H-pyrrole nitrogens is 1. The molecule has 0 amide bonds. The second kappa shape index (κ2) is 7.81. The van der Waals surface area contributed by atoms with Gasteiger partial charge in [0.05, 0.1) is 4.90 Å². The van der Waals surface area contributed by atoms with Crippen LogP contribution in [0.5, 0.6) is 0 Å². The summed E-state index contributed by atoms with van der Waals surface area (Å²) in [6.45, 7) is 2.22. The lowest BCUT2D eigenvalue weighted by atomic mass is 10.2. The Morgan fingerprint density at radius 1 is 1.08 bits per heavy atom. The molecule has 2 aromatic carbocycles.